The molecule has 2 rings (SSSR count). The van der Waals surface area contributed by atoms with Gasteiger partial charge >= 0.3 is 0 Å². The second kappa shape index (κ2) is 5.88. The van der Waals surface area contributed by atoms with Crippen molar-refractivity contribution < 1.29 is 4.39 Å². The van der Waals surface area contributed by atoms with E-state index in [1.807, 2.05) is 24.9 Å². The lowest BCUT2D eigenvalue weighted by atomic mass is 10.1. The first kappa shape index (κ1) is 14.3. The van der Waals surface area contributed by atoms with Gasteiger partial charge in [-0.2, -0.15) is 0 Å². The van der Waals surface area contributed by atoms with Gasteiger partial charge in [0, 0.05) is 23.3 Å². The first-order valence-corrected chi connectivity index (χ1v) is 6.96. The van der Waals surface area contributed by atoms with Crippen molar-refractivity contribution in [3.63, 3.8) is 0 Å². The van der Waals surface area contributed by atoms with E-state index in [1.165, 1.54) is 6.07 Å². The minimum Gasteiger partial charge on any atom is -0.352 e. The van der Waals surface area contributed by atoms with Crippen molar-refractivity contribution in [1.29, 1.82) is 0 Å². The fraction of sp³-hybridized carbons (Fsp3) is 0.214. The van der Waals surface area contributed by atoms with Crippen molar-refractivity contribution in [2.45, 2.75) is 13.0 Å². The van der Waals surface area contributed by atoms with E-state index in [2.05, 4.69) is 20.9 Å². The molecule has 0 amide bonds. The molecule has 2 nitrogen and oxygen atoms in total. The van der Waals surface area contributed by atoms with Gasteiger partial charge in [-0.3, -0.25) is 0 Å². The van der Waals surface area contributed by atoms with Crippen molar-refractivity contribution in [2.24, 2.45) is 0 Å². The number of aromatic nitrogens is 1. The van der Waals surface area contributed by atoms with E-state index < -0.39 is 0 Å². The molecule has 0 aliphatic carbocycles. The quantitative estimate of drug-likeness (QED) is 0.793. The van der Waals surface area contributed by atoms with Crippen LogP contribution in [0.1, 0.15) is 18.5 Å². The van der Waals surface area contributed by atoms with Crippen LogP contribution < -0.4 is 4.90 Å². The fourth-order valence-corrected chi connectivity index (χ4v) is 2.64. The Kier molecular flexibility index (Phi) is 4.42. The smallest absolute Gasteiger partial charge is 0.147 e. The predicted octanol–water partition coefficient (Wildman–Crippen LogP) is 4.83. The number of pyridine rings is 1. The van der Waals surface area contributed by atoms with E-state index in [9.17, 15) is 4.39 Å². The lowest BCUT2D eigenvalue weighted by molar-refractivity contribution is 0.584. The van der Waals surface area contributed by atoms with Crippen LogP contribution in [0.3, 0.4) is 0 Å². The highest BCUT2D eigenvalue weighted by Gasteiger charge is 2.18. The Hall–Kier alpha value is -1.13. The zero-order chi connectivity index (χ0) is 14.0. The van der Waals surface area contributed by atoms with Crippen LogP contribution in [0, 0.1) is 5.82 Å². The SMILES string of the molecule is CC(c1ccccc1F)N(C)c1ncc(Br)cc1Cl. The number of anilines is 1. The summed E-state index contributed by atoms with van der Waals surface area (Å²) >= 11 is 9.48. The highest BCUT2D eigenvalue weighted by molar-refractivity contribution is 9.10. The first-order valence-electron chi connectivity index (χ1n) is 5.79. The lowest BCUT2D eigenvalue weighted by Crippen LogP contribution is -2.23. The van der Waals surface area contributed by atoms with E-state index in [0.717, 1.165) is 4.47 Å². The highest BCUT2D eigenvalue weighted by Crippen LogP contribution is 2.31. The molecule has 0 spiro atoms. The van der Waals surface area contributed by atoms with Gasteiger partial charge in [-0.25, -0.2) is 9.37 Å². The normalized spacial score (nSPS) is 12.3. The molecule has 1 heterocycles. The molecule has 0 saturated carbocycles. The molecular weight excluding hydrogens is 331 g/mol. The molecule has 0 N–H and O–H groups in total. The number of nitrogens with zero attached hydrogens (tertiary/aromatic N) is 2. The molecule has 1 aromatic heterocycles. The van der Waals surface area contributed by atoms with Crippen LogP contribution in [0.4, 0.5) is 10.2 Å². The molecule has 0 saturated heterocycles. The van der Waals surface area contributed by atoms with Gasteiger partial charge in [-0.1, -0.05) is 29.8 Å². The number of benzene rings is 1. The van der Waals surface area contributed by atoms with Gasteiger partial charge in [0.2, 0.25) is 0 Å². The third-order valence-corrected chi connectivity index (χ3v) is 3.77. The zero-order valence-corrected chi connectivity index (χ0v) is 12.9. The number of halogens is 3. The first-order chi connectivity index (χ1) is 9.00. The van der Waals surface area contributed by atoms with Gasteiger partial charge in [-0.15, -0.1) is 0 Å². The van der Waals surface area contributed by atoms with Crippen LogP contribution in [0.2, 0.25) is 5.02 Å². The minimum absolute atomic E-state index is 0.160. The molecule has 1 atom stereocenters. The molecule has 0 fully saturated rings. The van der Waals surface area contributed by atoms with E-state index in [4.69, 9.17) is 11.6 Å². The Balaban J connectivity index is 2.33. The van der Waals surface area contributed by atoms with E-state index in [1.54, 1.807) is 24.4 Å². The Bertz CT molecular complexity index is 591. The summed E-state index contributed by atoms with van der Waals surface area (Å²) in [7, 11) is 1.85. The van der Waals surface area contributed by atoms with Crippen molar-refractivity contribution >= 4 is 33.3 Å². The summed E-state index contributed by atoms with van der Waals surface area (Å²) in [6.45, 7) is 1.92. The standard InChI is InChI=1S/C14H13BrClFN2/c1-9(11-5-3-4-6-13(11)17)19(2)14-12(16)7-10(15)8-18-14/h3-9H,1-2H3. The van der Waals surface area contributed by atoms with Gasteiger partial charge in [0.05, 0.1) is 11.1 Å². The molecule has 5 heteroatoms. The van der Waals surface area contributed by atoms with Crippen LogP contribution in [-0.2, 0) is 0 Å². The molecule has 1 unspecified atom stereocenters. The molecule has 0 aliphatic rings. The topological polar surface area (TPSA) is 16.1 Å². The predicted molar refractivity (Wildman–Crippen MR) is 80.2 cm³/mol. The largest absolute Gasteiger partial charge is 0.352 e. The Morgan fingerprint density at radius 3 is 2.68 bits per heavy atom. The Labute approximate surface area is 125 Å². The maximum atomic E-state index is 13.8. The van der Waals surface area contributed by atoms with Crippen LogP contribution in [0.5, 0.6) is 0 Å². The van der Waals surface area contributed by atoms with E-state index >= 15 is 0 Å². The minimum atomic E-state index is -0.227. The van der Waals surface area contributed by atoms with Gasteiger partial charge < -0.3 is 4.90 Å². The van der Waals surface area contributed by atoms with Crippen molar-refractivity contribution in [3.05, 3.63) is 57.4 Å². The van der Waals surface area contributed by atoms with Gasteiger partial charge in [0.15, 0.2) is 0 Å². The summed E-state index contributed by atoms with van der Waals surface area (Å²) in [5.74, 6) is 0.399. The number of hydrogen-bond donors (Lipinski definition) is 0. The fourth-order valence-electron chi connectivity index (χ4n) is 1.87. The van der Waals surface area contributed by atoms with E-state index in [0.29, 0.717) is 16.4 Å². The summed E-state index contributed by atoms with van der Waals surface area (Å²) in [5, 5.41) is 0.528. The Morgan fingerprint density at radius 1 is 1.37 bits per heavy atom. The van der Waals surface area contributed by atoms with Crippen LogP contribution in [-0.4, -0.2) is 12.0 Å². The lowest BCUT2D eigenvalue weighted by Gasteiger charge is -2.27. The van der Waals surface area contributed by atoms with Gasteiger partial charge in [0.25, 0.3) is 0 Å². The second-order valence-electron chi connectivity index (χ2n) is 4.27. The third kappa shape index (κ3) is 3.07. The summed E-state index contributed by atoms with van der Waals surface area (Å²) in [4.78, 5) is 6.13. The van der Waals surface area contributed by atoms with E-state index in [-0.39, 0.29) is 11.9 Å². The van der Waals surface area contributed by atoms with Crippen molar-refractivity contribution in [2.75, 3.05) is 11.9 Å². The molecular formula is C14H13BrClFN2. The van der Waals surface area contributed by atoms with Crippen molar-refractivity contribution in [3.8, 4) is 0 Å². The summed E-state index contributed by atoms with van der Waals surface area (Å²) in [6, 6.07) is 8.33. The maximum Gasteiger partial charge on any atom is 0.147 e. The van der Waals surface area contributed by atoms with Crippen LogP contribution in [0.15, 0.2) is 41.0 Å². The average molecular weight is 344 g/mol. The molecule has 2 aromatic rings. The monoisotopic (exact) mass is 342 g/mol. The molecule has 0 bridgehead atoms. The molecule has 1 aromatic carbocycles. The van der Waals surface area contributed by atoms with Gasteiger partial charge in [0.1, 0.15) is 11.6 Å². The Morgan fingerprint density at radius 2 is 2.05 bits per heavy atom. The highest BCUT2D eigenvalue weighted by atomic mass is 79.9. The summed E-state index contributed by atoms with van der Waals surface area (Å²) in [5.41, 5.74) is 0.616. The maximum absolute atomic E-state index is 13.8. The summed E-state index contributed by atoms with van der Waals surface area (Å²) in [6.07, 6.45) is 1.67. The molecule has 100 valence electrons. The molecule has 0 aliphatic heterocycles. The average Bonchev–Trinajstić information content (AvgIpc) is 2.38. The van der Waals surface area contributed by atoms with Crippen LogP contribution >= 0.6 is 27.5 Å². The van der Waals surface area contributed by atoms with Crippen molar-refractivity contribution in [1.82, 2.24) is 4.98 Å². The number of hydrogen-bond acceptors (Lipinski definition) is 2. The summed E-state index contributed by atoms with van der Waals surface area (Å²) < 4.78 is 14.6. The van der Waals surface area contributed by atoms with Gasteiger partial charge in [-0.05, 0) is 35.0 Å². The zero-order valence-electron chi connectivity index (χ0n) is 10.6. The molecule has 0 radical (unpaired) electrons. The van der Waals surface area contributed by atoms with Crippen LogP contribution in [0.25, 0.3) is 0 Å². The number of rotatable bonds is 3. The third-order valence-electron chi connectivity index (χ3n) is 3.06. The second-order valence-corrected chi connectivity index (χ2v) is 5.59. The molecule has 19 heavy (non-hydrogen) atoms.